The van der Waals surface area contributed by atoms with Gasteiger partial charge in [0, 0.05) is 6.08 Å². The highest BCUT2D eigenvalue weighted by atomic mass is 16.7. The molecule has 1 aliphatic rings. The second kappa shape index (κ2) is 6.08. The van der Waals surface area contributed by atoms with Crippen molar-refractivity contribution in [3.05, 3.63) is 25.3 Å². The Balaban J connectivity index is 2.88. The zero-order valence-corrected chi connectivity index (χ0v) is 12.8. The molecule has 0 aromatic carbocycles. The van der Waals surface area contributed by atoms with E-state index in [0.29, 0.717) is 12.8 Å². The quantitative estimate of drug-likeness (QED) is 0.476. The highest BCUT2D eigenvalue weighted by molar-refractivity contribution is 5.81. The van der Waals surface area contributed by atoms with E-state index in [0.717, 1.165) is 6.08 Å². The SMILES string of the molecule is C=CC(=O)ON1C(C)(C)CC(OC(O)C=C)CC1(C)C. The van der Waals surface area contributed by atoms with Gasteiger partial charge in [-0.25, -0.2) is 4.79 Å². The van der Waals surface area contributed by atoms with Crippen LogP contribution in [-0.4, -0.2) is 39.6 Å². The molecule has 0 spiro atoms. The van der Waals surface area contributed by atoms with Crippen LogP contribution in [-0.2, 0) is 14.4 Å². The number of nitrogens with zero attached hydrogens (tertiary/aromatic N) is 1. The second-order valence-corrected chi connectivity index (χ2v) is 6.33. The fourth-order valence-electron chi connectivity index (χ4n) is 2.89. The molecule has 20 heavy (non-hydrogen) atoms. The van der Waals surface area contributed by atoms with Gasteiger partial charge in [0.1, 0.15) is 0 Å². The van der Waals surface area contributed by atoms with E-state index in [-0.39, 0.29) is 6.10 Å². The lowest BCUT2D eigenvalue weighted by atomic mass is 9.80. The van der Waals surface area contributed by atoms with Gasteiger partial charge in [-0.05, 0) is 46.6 Å². The topological polar surface area (TPSA) is 59.0 Å². The lowest BCUT2D eigenvalue weighted by Gasteiger charge is -2.52. The molecule has 0 aromatic heterocycles. The number of aliphatic hydroxyl groups is 1. The zero-order chi connectivity index (χ0) is 15.6. The number of carbonyl (C=O) groups excluding carboxylic acids is 1. The van der Waals surface area contributed by atoms with Crippen LogP contribution in [0.15, 0.2) is 25.3 Å². The zero-order valence-electron chi connectivity index (χ0n) is 12.8. The second-order valence-electron chi connectivity index (χ2n) is 6.33. The number of carbonyl (C=O) groups is 1. The molecule has 1 N–H and O–H groups in total. The molecule has 1 heterocycles. The summed E-state index contributed by atoms with van der Waals surface area (Å²) in [7, 11) is 0. The number of piperidine rings is 1. The molecule has 1 aliphatic heterocycles. The Morgan fingerprint density at radius 2 is 1.80 bits per heavy atom. The van der Waals surface area contributed by atoms with Crippen molar-refractivity contribution in [3.8, 4) is 0 Å². The molecule has 1 atom stereocenters. The van der Waals surface area contributed by atoms with E-state index in [1.54, 1.807) is 5.06 Å². The third-order valence-corrected chi connectivity index (χ3v) is 3.44. The predicted octanol–water partition coefficient (Wildman–Crippen LogP) is 2.17. The minimum Gasteiger partial charge on any atom is -0.365 e. The Bertz CT molecular complexity index is 371. The molecule has 0 aromatic rings. The average molecular weight is 283 g/mol. The van der Waals surface area contributed by atoms with Crippen molar-refractivity contribution in [2.45, 2.75) is 64.0 Å². The van der Waals surface area contributed by atoms with Crippen molar-refractivity contribution in [2.75, 3.05) is 0 Å². The summed E-state index contributed by atoms with van der Waals surface area (Å²) in [6, 6.07) is 0. The van der Waals surface area contributed by atoms with E-state index in [1.165, 1.54) is 6.08 Å². The number of aliphatic hydroxyl groups excluding tert-OH is 1. The van der Waals surface area contributed by atoms with Crippen LogP contribution in [0.1, 0.15) is 40.5 Å². The highest BCUT2D eigenvalue weighted by Crippen LogP contribution is 2.40. The smallest absolute Gasteiger partial charge is 0.349 e. The van der Waals surface area contributed by atoms with Crippen molar-refractivity contribution in [2.24, 2.45) is 0 Å². The van der Waals surface area contributed by atoms with E-state index in [2.05, 4.69) is 13.2 Å². The summed E-state index contributed by atoms with van der Waals surface area (Å²) >= 11 is 0. The Hall–Kier alpha value is -1.17. The van der Waals surface area contributed by atoms with Crippen LogP contribution < -0.4 is 0 Å². The summed E-state index contributed by atoms with van der Waals surface area (Å²) in [5.74, 6) is -0.475. The van der Waals surface area contributed by atoms with Crippen molar-refractivity contribution < 1.29 is 19.5 Å². The minimum atomic E-state index is -0.978. The van der Waals surface area contributed by atoms with Crippen LogP contribution in [0.4, 0.5) is 0 Å². The predicted molar refractivity (Wildman–Crippen MR) is 76.6 cm³/mol. The van der Waals surface area contributed by atoms with Gasteiger partial charge in [0.15, 0.2) is 6.29 Å². The first-order valence-electron chi connectivity index (χ1n) is 6.73. The molecular formula is C15H25NO4. The van der Waals surface area contributed by atoms with Gasteiger partial charge in [-0.2, -0.15) is 0 Å². The normalized spacial score (nSPS) is 23.9. The molecule has 0 radical (unpaired) electrons. The van der Waals surface area contributed by atoms with Gasteiger partial charge in [0.05, 0.1) is 17.2 Å². The van der Waals surface area contributed by atoms with Gasteiger partial charge in [-0.3, -0.25) is 0 Å². The Morgan fingerprint density at radius 3 is 2.20 bits per heavy atom. The fraction of sp³-hybridized carbons (Fsp3) is 0.667. The molecule has 5 heteroatoms. The van der Waals surface area contributed by atoms with E-state index in [9.17, 15) is 9.90 Å². The van der Waals surface area contributed by atoms with Crippen LogP contribution in [0.5, 0.6) is 0 Å². The van der Waals surface area contributed by atoms with E-state index in [1.807, 2.05) is 27.7 Å². The molecule has 0 amide bonds. The average Bonchev–Trinajstić information content (AvgIpc) is 2.32. The van der Waals surface area contributed by atoms with Gasteiger partial charge in [0.25, 0.3) is 0 Å². The van der Waals surface area contributed by atoms with Gasteiger partial charge in [-0.1, -0.05) is 13.2 Å². The van der Waals surface area contributed by atoms with E-state index >= 15 is 0 Å². The molecule has 0 aliphatic carbocycles. The van der Waals surface area contributed by atoms with Gasteiger partial charge >= 0.3 is 5.97 Å². The molecule has 1 saturated heterocycles. The molecule has 1 unspecified atom stereocenters. The maximum absolute atomic E-state index is 11.5. The first kappa shape index (κ1) is 16.9. The summed E-state index contributed by atoms with van der Waals surface area (Å²) in [6.45, 7) is 14.8. The summed E-state index contributed by atoms with van der Waals surface area (Å²) < 4.78 is 5.54. The van der Waals surface area contributed by atoms with E-state index < -0.39 is 23.3 Å². The summed E-state index contributed by atoms with van der Waals surface area (Å²) in [5.41, 5.74) is -0.821. The molecule has 114 valence electrons. The van der Waals surface area contributed by atoms with Crippen LogP contribution in [0.25, 0.3) is 0 Å². The number of rotatable bonds is 5. The lowest BCUT2D eigenvalue weighted by molar-refractivity contribution is -0.282. The first-order valence-corrected chi connectivity index (χ1v) is 6.73. The summed E-state index contributed by atoms with van der Waals surface area (Å²) in [4.78, 5) is 16.9. The Morgan fingerprint density at radius 1 is 1.30 bits per heavy atom. The summed E-state index contributed by atoms with van der Waals surface area (Å²) in [6.07, 6.45) is 2.65. The third kappa shape index (κ3) is 3.91. The maximum Gasteiger partial charge on any atom is 0.349 e. The minimum absolute atomic E-state index is 0.133. The standard InChI is InChI=1S/C15H25NO4/c1-7-12(17)19-11-9-14(3,4)16(15(5,6)10-11)20-13(18)8-2/h7-8,11-12,17H,1-2,9-10H2,3-6H3. The third-order valence-electron chi connectivity index (χ3n) is 3.44. The van der Waals surface area contributed by atoms with Gasteiger partial charge < -0.3 is 14.7 Å². The van der Waals surface area contributed by atoms with Crippen molar-refractivity contribution in [1.29, 1.82) is 0 Å². The number of hydrogen-bond acceptors (Lipinski definition) is 5. The van der Waals surface area contributed by atoms with Crippen LogP contribution in [0.3, 0.4) is 0 Å². The van der Waals surface area contributed by atoms with E-state index in [4.69, 9.17) is 9.57 Å². The molecule has 1 rings (SSSR count). The monoisotopic (exact) mass is 283 g/mol. The van der Waals surface area contributed by atoms with Crippen LogP contribution in [0.2, 0.25) is 0 Å². The molecule has 0 saturated carbocycles. The molecule has 5 nitrogen and oxygen atoms in total. The van der Waals surface area contributed by atoms with Crippen molar-refractivity contribution in [1.82, 2.24) is 5.06 Å². The first-order chi connectivity index (χ1) is 9.12. The van der Waals surface area contributed by atoms with Crippen LogP contribution in [0, 0.1) is 0 Å². The maximum atomic E-state index is 11.5. The lowest BCUT2D eigenvalue weighted by Crippen LogP contribution is -2.62. The van der Waals surface area contributed by atoms with Crippen molar-refractivity contribution in [3.63, 3.8) is 0 Å². The van der Waals surface area contributed by atoms with Crippen molar-refractivity contribution >= 4 is 5.97 Å². The van der Waals surface area contributed by atoms with Crippen LogP contribution >= 0.6 is 0 Å². The number of hydroxylamine groups is 2. The highest BCUT2D eigenvalue weighted by Gasteiger charge is 2.48. The van der Waals surface area contributed by atoms with Gasteiger partial charge in [-0.15, -0.1) is 5.06 Å². The molecular weight excluding hydrogens is 258 g/mol. The number of ether oxygens (including phenoxy) is 1. The largest absolute Gasteiger partial charge is 0.365 e. The molecule has 1 fully saturated rings. The fourth-order valence-corrected chi connectivity index (χ4v) is 2.89. The van der Waals surface area contributed by atoms with Gasteiger partial charge in [0.2, 0.25) is 0 Å². The Labute approximate surface area is 120 Å². The summed E-state index contributed by atoms with van der Waals surface area (Å²) in [5, 5.41) is 11.2. The number of hydrogen-bond donors (Lipinski definition) is 1. The molecule has 0 bridgehead atoms. The Kier molecular flexibility index (Phi) is 5.13.